The van der Waals surface area contributed by atoms with E-state index in [1.54, 1.807) is 40.7 Å². The summed E-state index contributed by atoms with van der Waals surface area (Å²) in [5, 5.41) is 7.44. The minimum atomic E-state index is -0.299. The molecule has 9 heteroatoms. The van der Waals surface area contributed by atoms with Crippen LogP contribution in [0.25, 0.3) is 5.69 Å². The van der Waals surface area contributed by atoms with Gasteiger partial charge in [-0.15, -0.1) is 35.3 Å². The Labute approximate surface area is 179 Å². The van der Waals surface area contributed by atoms with Crippen molar-refractivity contribution in [3.8, 4) is 5.69 Å². The molecule has 0 aliphatic heterocycles. The number of aliphatic imine (C=N–C) groups is 1. The third kappa shape index (κ3) is 5.99. The quantitative estimate of drug-likeness (QED) is 0.308. The largest absolute Gasteiger partial charge is 0.357 e. The number of nitrogens with one attached hydrogen (secondary N) is 2. The summed E-state index contributed by atoms with van der Waals surface area (Å²) in [4.78, 5) is 14.0. The van der Waals surface area contributed by atoms with E-state index >= 15 is 0 Å². The number of thiazole rings is 1. The third-order valence-corrected chi connectivity index (χ3v) is 4.55. The lowest BCUT2D eigenvalue weighted by atomic mass is 10.2. The van der Waals surface area contributed by atoms with Crippen LogP contribution < -0.4 is 10.6 Å². The Bertz CT molecular complexity index is 878. The van der Waals surface area contributed by atoms with E-state index in [-0.39, 0.29) is 29.8 Å². The fourth-order valence-corrected chi connectivity index (χ4v) is 3.14. The summed E-state index contributed by atoms with van der Waals surface area (Å²) in [6.45, 7) is 5.77. The van der Waals surface area contributed by atoms with Gasteiger partial charge < -0.3 is 15.2 Å². The highest BCUT2D eigenvalue weighted by atomic mass is 127. The second-order valence-corrected chi connectivity index (χ2v) is 6.99. The highest BCUT2D eigenvalue weighted by Crippen LogP contribution is 2.15. The Hall–Kier alpha value is -2.01. The predicted molar refractivity (Wildman–Crippen MR) is 117 cm³/mol. The molecule has 0 saturated heterocycles. The van der Waals surface area contributed by atoms with E-state index < -0.39 is 0 Å². The van der Waals surface area contributed by atoms with E-state index in [1.807, 2.05) is 26.1 Å². The number of guanidine groups is 1. The number of benzene rings is 1. The van der Waals surface area contributed by atoms with Crippen LogP contribution in [0.1, 0.15) is 22.4 Å². The molecule has 0 fully saturated rings. The van der Waals surface area contributed by atoms with E-state index in [2.05, 4.69) is 25.6 Å². The molecule has 6 nitrogen and oxygen atoms in total. The zero-order valence-electron chi connectivity index (χ0n) is 15.1. The van der Waals surface area contributed by atoms with Crippen molar-refractivity contribution >= 4 is 41.3 Å². The minimum absolute atomic E-state index is 0. The van der Waals surface area contributed by atoms with E-state index in [0.29, 0.717) is 24.7 Å². The SMILES string of the molecule is CCNC(=NCc1ccc(-n2ccnc2)c(F)c1)NCc1ncc(C)s1.I. The number of rotatable bonds is 6. The molecule has 0 radical (unpaired) electrons. The van der Waals surface area contributed by atoms with Gasteiger partial charge in [-0.25, -0.2) is 19.4 Å². The standard InChI is InChI=1S/C18H21FN6S.HI/c1-3-21-18(24-11-17-22-9-13(2)26-17)23-10-14-4-5-16(15(19)8-14)25-7-6-20-12-25;/h4-9,12H,3,10-11H2,1-2H3,(H2,21,23,24);1H. The normalized spacial score (nSPS) is 11.1. The van der Waals surface area contributed by atoms with Crippen molar-refractivity contribution in [2.24, 2.45) is 4.99 Å². The second kappa shape index (κ2) is 10.4. The fraction of sp³-hybridized carbons (Fsp3) is 0.278. The van der Waals surface area contributed by atoms with Crippen LogP contribution in [0.5, 0.6) is 0 Å². The number of nitrogens with zero attached hydrogens (tertiary/aromatic N) is 4. The first kappa shape index (κ1) is 21.3. The molecule has 2 N–H and O–H groups in total. The molecule has 27 heavy (non-hydrogen) atoms. The van der Waals surface area contributed by atoms with Crippen LogP contribution in [0, 0.1) is 12.7 Å². The van der Waals surface area contributed by atoms with E-state index in [9.17, 15) is 4.39 Å². The van der Waals surface area contributed by atoms with Crippen molar-refractivity contribution in [1.29, 1.82) is 0 Å². The van der Waals surface area contributed by atoms with Crippen LogP contribution >= 0.6 is 35.3 Å². The van der Waals surface area contributed by atoms with E-state index in [0.717, 1.165) is 17.1 Å². The molecule has 0 spiro atoms. The average molecular weight is 500 g/mol. The zero-order valence-corrected chi connectivity index (χ0v) is 18.3. The maximum Gasteiger partial charge on any atom is 0.191 e. The van der Waals surface area contributed by atoms with Gasteiger partial charge >= 0.3 is 0 Å². The molecular formula is C18H22FIN6S. The van der Waals surface area contributed by atoms with Crippen molar-refractivity contribution in [3.63, 3.8) is 0 Å². The van der Waals surface area contributed by atoms with Gasteiger partial charge in [0.1, 0.15) is 10.8 Å². The highest BCUT2D eigenvalue weighted by molar-refractivity contribution is 14.0. The summed E-state index contributed by atoms with van der Waals surface area (Å²) >= 11 is 1.65. The molecule has 0 aliphatic carbocycles. The summed E-state index contributed by atoms with van der Waals surface area (Å²) in [5.41, 5.74) is 1.27. The van der Waals surface area contributed by atoms with Gasteiger partial charge in [0.15, 0.2) is 5.96 Å². The monoisotopic (exact) mass is 500 g/mol. The molecule has 2 heterocycles. The molecule has 1 aromatic carbocycles. The Morgan fingerprint density at radius 3 is 2.81 bits per heavy atom. The average Bonchev–Trinajstić information content (AvgIpc) is 3.29. The van der Waals surface area contributed by atoms with Crippen LogP contribution in [0.2, 0.25) is 0 Å². The van der Waals surface area contributed by atoms with Gasteiger partial charge in [0.25, 0.3) is 0 Å². The van der Waals surface area contributed by atoms with Crippen molar-refractivity contribution in [3.05, 3.63) is 64.4 Å². The number of hydrogen-bond acceptors (Lipinski definition) is 4. The number of halogens is 2. The number of hydrogen-bond donors (Lipinski definition) is 2. The molecule has 0 saturated carbocycles. The van der Waals surface area contributed by atoms with Crippen LogP contribution in [-0.2, 0) is 13.1 Å². The summed E-state index contributed by atoms with van der Waals surface area (Å²) in [6, 6.07) is 5.11. The van der Waals surface area contributed by atoms with Gasteiger partial charge in [-0.05, 0) is 31.5 Å². The van der Waals surface area contributed by atoms with E-state index in [1.165, 1.54) is 10.9 Å². The molecule has 3 rings (SSSR count). The Kier molecular flexibility index (Phi) is 8.17. The van der Waals surface area contributed by atoms with Crippen LogP contribution in [0.15, 0.2) is 48.1 Å². The Balaban J connectivity index is 0.00000261. The van der Waals surface area contributed by atoms with Gasteiger partial charge in [0.05, 0.1) is 25.1 Å². The fourth-order valence-electron chi connectivity index (χ4n) is 2.41. The van der Waals surface area contributed by atoms with Crippen molar-refractivity contribution in [2.45, 2.75) is 26.9 Å². The molecule has 0 unspecified atom stereocenters. The third-order valence-electron chi connectivity index (χ3n) is 3.63. The summed E-state index contributed by atoms with van der Waals surface area (Å²) < 4.78 is 16.0. The predicted octanol–water partition coefficient (Wildman–Crippen LogP) is 3.65. The van der Waals surface area contributed by atoms with Crippen molar-refractivity contribution < 1.29 is 4.39 Å². The number of aromatic nitrogens is 3. The molecule has 3 aromatic rings. The molecule has 144 valence electrons. The number of aryl methyl sites for hydroxylation is 1. The Morgan fingerprint density at radius 2 is 2.19 bits per heavy atom. The first-order valence-electron chi connectivity index (χ1n) is 8.36. The first-order valence-corrected chi connectivity index (χ1v) is 9.17. The molecule has 2 aromatic heterocycles. The highest BCUT2D eigenvalue weighted by Gasteiger charge is 2.06. The van der Waals surface area contributed by atoms with Gasteiger partial charge in [-0.1, -0.05) is 6.07 Å². The van der Waals surface area contributed by atoms with Gasteiger partial charge in [0.2, 0.25) is 0 Å². The Morgan fingerprint density at radius 1 is 1.33 bits per heavy atom. The molecule has 0 atom stereocenters. The summed E-state index contributed by atoms with van der Waals surface area (Å²) in [6.07, 6.45) is 6.76. The lowest BCUT2D eigenvalue weighted by Gasteiger charge is -2.10. The zero-order chi connectivity index (χ0) is 18.4. The van der Waals surface area contributed by atoms with E-state index in [4.69, 9.17) is 0 Å². The minimum Gasteiger partial charge on any atom is -0.357 e. The maximum atomic E-state index is 14.3. The smallest absolute Gasteiger partial charge is 0.191 e. The molecule has 0 bridgehead atoms. The van der Waals surface area contributed by atoms with Crippen molar-refractivity contribution in [2.75, 3.05) is 6.54 Å². The second-order valence-electron chi connectivity index (χ2n) is 5.67. The molecular weight excluding hydrogens is 478 g/mol. The van der Waals surface area contributed by atoms with Crippen LogP contribution in [0.4, 0.5) is 4.39 Å². The van der Waals surface area contributed by atoms with Crippen LogP contribution in [0.3, 0.4) is 0 Å². The molecule has 0 aliphatic rings. The summed E-state index contributed by atoms with van der Waals surface area (Å²) in [7, 11) is 0. The lowest BCUT2D eigenvalue weighted by molar-refractivity contribution is 0.615. The summed E-state index contributed by atoms with van der Waals surface area (Å²) in [5.74, 6) is 0.381. The van der Waals surface area contributed by atoms with Gasteiger partial charge in [-0.2, -0.15) is 0 Å². The number of imidazole rings is 1. The van der Waals surface area contributed by atoms with Crippen molar-refractivity contribution in [1.82, 2.24) is 25.2 Å². The van der Waals surface area contributed by atoms with Crippen LogP contribution in [-0.4, -0.2) is 27.0 Å². The van der Waals surface area contributed by atoms with Gasteiger partial charge in [-0.3, -0.25) is 0 Å². The topological polar surface area (TPSA) is 67.1 Å². The first-order chi connectivity index (χ1) is 12.7. The maximum absolute atomic E-state index is 14.3. The molecule has 0 amide bonds. The van der Waals surface area contributed by atoms with Gasteiger partial charge in [0, 0.05) is 30.0 Å². The lowest BCUT2D eigenvalue weighted by Crippen LogP contribution is -2.36.